The third-order valence-electron chi connectivity index (χ3n) is 4.46. The summed E-state index contributed by atoms with van der Waals surface area (Å²) in [7, 11) is 0. The molecule has 4 rings (SSSR count). The maximum atomic E-state index is 12.6. The van der Waals surface area contributed by atoms with Crippen molar-refractivity contribution in [3.63, 3.8) is 0 Å². The van der Waals surface area contributed by atoms with Gasteiger partial charge in [-0.05, 0) is 35.2 Å². The van der Waals surface area contributed by atoms with Crippen LogP contribution in [0.25, 0.3) is 10.8 Å². The number of nitrogens with zero attached hydrogens (tertiary/aromatic N) is 3. The highest BCUT2D eigenvalue weighted by Gasteiger charge is 2.30. The van der Waals surface area contributed by atoms with E-state index >= 15 is 0 Å². The Labute approximate surface area is 159 Å². The number of non-ortho nitro benzene ring substituents is 1. The fourth-order valence-corrected chi connectivity index (χ4v) is 3.18. The lowest BCUT2D eigenvalue weighted by Gasteiger charge is -2.16. The zero-order valence-electron chi connectivity index (χ0n) is 14.5. The van der Waals surface area contributed by atoms with E-state index in [1.807, 2.05) is 30.3 Å². The van der Waals surface area contributed by atoms with Crippen molar-refractivity contribution < 1.29 is 14.5 Å². The van der Waals surface area contributed by atoms with Gasteiger partial charge >= 0.3 is 0 Å². The first-order chi connectivity index (χ1) is 13.5. The van der Waals surface area contributed by atoms with Crippen LogP contribution < -0.4 is 10.3 Å². The first-order valence-corrected chi connectivity index (χ1v) is 8.44. The van der Waals surface area contributed by atoms with Crippen molar-refractivity contribution in [3.8, 4) is 0 Å². The number of nitrogens with one attached hydrogen (secondary N) is 1. The molecule has 1 aliphatic heterocycles. The lowest BCUT2D eigenvalue weighted by atomic mass is 10.1. The fourth-order valence-electron chi connectivity index (χ4n) is 3.18. The van der Waals surface area contributed by atoms with Crippen molar-refractivity contribution in [1.29, 1.82) is 0 Å². The minimum absolute atomic E-state index is 0.0255. The second-order valence-corrected chi connectivity index (χ2v) is 6.21. The summed E-state index contributed by atoms with van der Waals surface area (Å²) >= 11 is 0. The predicted molar refractivity (Wildman–Crippen MR) is 104 cm³/mol. The molecular weight excluding hydrogens is 360 g/mol. The number of carbonyl (C=O) groups excluding carboxylic acids is 2. The average Bonchev–Trinajstić information content (AvgIpc) is 2.96. The molecule has 1 N–H and O–H groups in total. The van der Waals surface area contributed by atoms with Gasteiger partial charge in [-0.1, -0.05) is 24.3 Å². The summed E-state index contributed by atoms with van der Waals surface area (Å²) in [5.74, 6) is -0.669. The van der Waals surface area contributed by atoms with Crippen LogP contribution in [0.2, 0.25) is 0 Å². The molecule has 28 heavy (non-hydrogen) atoms. The Bertz CT molecular complexity index is 1130. The molecule has 0 saturated heterocycles. The third-order valence-corrected chi connectivity index (χ3v) is 4.46. The summed E-state index contributed by atoms with van der Waals surface area (Å²) in [5.41, 5.74) is 4.23. The number of rotatable bonds is 5. The van der Waals surface area contributed by atoms with Crippen LogP contribution in [0.4, 0.5) is 11.4 Å². The predicted octanol–water partition coefficient (Wildman–Crippen LogP) is 2.86. The molecule has 1 aliphatic rings. The molecule has 0 atom stereocenters. The fraction of sp³-hybridized carbons (Fsp3) is 0.0500. The summed E-state index contributed by atoms with van der Waals surface area (Å²) in [4.78, 5) is 36.5. The molecule has 0 bridgehead atoms. The van der Waals surface area contributed by atoms with E-state index in [9.17, 15) is 19.7 Å². The second-order valence-electron chi connectivity index (χ2n) is 6.21. The minimum Gasteiger partial charge on any atom is -0.298 e. The average molecular weight is 374 g/mol. The molecule has 8 heteroatoms. The van der Waals surface area contributed by atoms with E-state index in [2.05, 4.69) is 10.5 Å². The summed E-state index contributed by atoms with van der Waals surface area (Å²) in [6.07, 6.45) is 1.38. The van der Waals surface area contributed by atoms with Crippen molar-refractivity contribution in [2.75, 3.05) is 11.4 Å². The van der Waals surface area contributed by atoms with Crippen LogP contribution in [0.1, 0.15) is 15.9 Å². The third kappa shape index (κ3) is 3.07. The van der Waals surface area contributed by atoms with E-state index in [1.165, 1.54) is 35.4 Å². The monoisotopic (exact) mass is 374 g/mol. The Kier molecular flexibility index (Phi) is 4.29. The lowest BCUT2D eigenvalue weighted by Crippen LogP contribution is -2.37. The van der Waals surface area contributed by atoms with Crippen LogP contribution in [0, 0.1) is 10.1 Å². The van der Waals surface area contributed by atoms with Crippen LogP contribution in [0.3, 0.4) is 0 Å². The number of hydrogen-bond acceptors (Lipinski definition) is 5. The quantitative estimate of drug-likeness (QED) is 0.421. The first kappa shape index (κ1) is 17.3. The van der Waals surface area contributed by atoms with Gasteiger partial charge in [-0.3, -0.25) is 24.6 Å². The van der Waals surface area contributed by atoms with Crippen LogP contribution in [0.15, 0.2) is 65.8 Å². The van der Waals surface area contributed by atoms with Crippen LogP contribution in [-0.4, -0.2) is 29.5 Å². The van der Waals surface area contributed by atoms with Gasteiger partial charge in [-0.25, -0.2) is 5.43 Å². The minimum atomic E-state index is -0.492. The van der Waals surface area contributed by atoms with Crippen LogP contribution in [-0.2, 0) is 4.79 Å². The zero-order valence-corrected chi connectivity index (χ0v) is 14.5. The maximum absolute atomic E-state index is 12.6. The number of benzene rings is 3. The van der Waals surface area contributed by atoms with Crippen LogP contribution in [0.5, 0.6) is 0 Å². The summed E-state index contributed by atoms with van der Waals surface area (Å²) < 4.78 is 0. The van der Waals surface area contributed by atoms with Gasteiger partial charge < -0.3 is 0 Å². The number of amides is 2. The molecule has 3 aromatic rings. The number of hydrogen-bond donors (Lipinski definition) is 1. The van der Waals surface area contributed by atoms with Gasteiger partial charge in [0, 0.05) is 23.1 Å². The lowest BCUT2D eigenvalue weighted by molar-refractivity contribution is -0.384. The Hall–Kier alpha value is -4.07. The summed E-state index contributed by atoms with van der Waals surface area (Å²) in [6, 6.07) is 16.8. The number of nitro groups is 1. The highest BCUT2D eigenvalue weighted by molar-refractivity contribution is 6.26. The smallest absolute Gasteiger partial charge is 0.269 e. The Balaban J connectivity index is 1.44. The molecule has 138 valence electrons. The van der Waals surface area contributed by atoms with Gasteiger partial charge in [0.2, 0.25) is 0 Å². The van der Waals surface area contributed by atoms with Gasteiger partial charge in [0.1, 0.15) is 6.54 Å². The van der Waals surface area contributed by atoms with Gasteiger partial charge in [-0.15, -0.1) is 0 Å². The molecule has 0 spiro atoms. The van der Waals surface area contributed by atoms with Crippen molar-refractivity contribution in [1.82, 2.24) is 5.43 Å². The standard InChI is InChI=1S/C20H14N4O4/c25-18(22-21-11-13-7-9-15(10-8-13)24(27)28)12-23-17-6-2-4-14-3-1-5-16(19(14)17)20(23)26/h1-11H,12H2,(H,22,25). The summed E-state index contributed by atoms with van der Waals surface area (Å²) in [6.45, 7) is -0.162. The molecule has 0 fully saturated rings. The second kappa shape index (κ2) is 6.92. The maximum Gasteiger partial charge on any atom is 0.269 e. The molecule has 1 heterocycles. The van der Waals surface area contributed by atoms with Crippen molar-refractivity contribution in [3.05, 3.63) is 81.9 Å². The van der Waals surface area contributed by atoms with Gasteiger partial charge in [-0.2, -0.15) is 5.10 Å². The van der Waals surface area contributed by atoms with E-state index in [-0.39, 0.29) is 18.1 Å². The number of carbonyl (C=O) groups is 2. The largest absolute Gasteiger partial charge is 0.298 e. The molecule has 2 amide bonds. The molecule has 0 aromatic heterocycles. The molecular formula is C20H14N4O4. The topological polar surface area (TPSA) is 105 Å². The van der Waals surface area contributed by atoms with E-state index < -0.39 is 10.8 Å². The van der Waals surface area contributed by atoms with Crippen LogP contribution >= 0.6 is 0 Å². The highest BCUT2D eigenvalue weighted by atomic mass is 16.6. The number of anilines is 1. The normalized spacial score (nSPS) is 12.7. The van der Waals surface area contributed by atoms with E-state index in [1.54, 1.807) is 6.07 Å². The number of nitro benzene ring substituents is 1. The van der Waals surface area contributed by atoms with Crippen molar-refractivity contribution in [2.24, 2.45) is 5.10 Å². The first-order valence-electron chi connectivity index (χ1n) is 8.44. The molecule has 0 radical (unpaired) electrons. The molecule has 8 nitrogen and oxygen atoms in total. The molecule has 0 aliphatic carbocycles. The van der Waals surface area contributed by atoms with Crippen molar-refractivity contribution >= 4 is 40.2 Å². The molecule has 0 saturated carbocycles. The summed E-state index contributed by atoms with van der Waals surface area (Å²) in [5, 5.41) is 16.3. The van der Waals surface area contributed by atoms with E-state index in [4.69, 9.17) is 0 Å². The SMILES string of the molecule is O=C(CN1C(=O)c2cccc3cccc1c23)NN=Cc1ccc([N+](=O)[O-])cc1. The Morgan fingerprint density at radius 3 is 2.54 bits per heavy atom. The molecule has 0 unspecified atom stereocenters. The number of hydrazone groups is 1. The van der Waals surface area contributed by atoms with E-state index in [0.717, 1.165) is 10.8 Å². The Morgan fingerprint density at radius 1 is 1.11 bits per heavy atom. The van der Waals surface area contributed by atoms with Gasteiger partial charge in [0.15, 0.2) is 0 Å². The van der Waals surface area contributed by atoms with Gasteiger partial charge in [0.05, 0.1) is 16.8 Å². The Morgan fingerprint density at radius 2 is 1.82 bits per heavy atom. The highest BCUT2D eigenvalue weighted by Crippen LogP contribution is 2.36. The van der Waals surface area contributed by atoms with Crippen molar-refractivity contribution in [2.45, 2.75) is 0 Å². The van der Waals surface area contributed by atoms with E-state index in [0.29, 0.717) is 16.8 Å². The zero-order chi connectivity index (χ0) is 19.7. The molecule has 3 aromatic carbocycles. The van der Waals surface area contributed by atoms with Gasteiger partial charge in [0.25, 0.3) is 17.5 Å².